The maximum atomic E-state index is 5.84. The minimum Gasteiger partial charge on any atom is -0.479 e. The van der Waals surface area contributed by atoms with E-state index in [2.05, 4.69) is 15.3 Å². The minimum absolute atomic E-state index is 0.106. The Morgan fingerprint density at radius 2 is 1.82 bits per heavy atom. The van der Waals surface area contributed by atoms with Crippen LogP contribution in [0.4, 0.5) is 23.1 Å². The highest BCUT2D eigenvalue weighted by atomic mass is 16.5. The number of hydrogen-bond acceptors (Lipinski definition) is 6. The lowest BCUT2D eigenvalue weighted by Crippen LogP contribution is -2.06. The maximum absolute atomic E-state index is 5.84. The lowest BCUT2D eigenvalue weighted by molar-refractivity contribution is 0.400. The molecule has 5 N–H and O–H groups in total. The van der Waals surface area contributed by atoms with Crippen LogP contribution in [0.25, 0.3) is 0 Å². The van der Waals surface area contributed by atoms with Crippen molar-refractivity contribution in [3.63, 3.8) is 0 Å². The number of nitrogens with one attached hydrogen (secondary N) is 1. The average Bonchev–Trinajstić information content (AvgIpc) is 2.34. The molecule has 0 saturated heterocycles. The average molecular weight is 231 g/mol. The van der Waals surface area contributed by atoms with Crippen LogP contribution in [0.1, 0.15) is 0 Å². The molecule has 6 heteroatoms. The SMILES string of the molecule is COc1nc(N)nc(Nc2ccccc2)c1N. The van der Waals surface area contributed by atoms with E-state index in [1.54, 1.807) is 0 Å². The zero-order chi connectivity index (χ0) is 12.3. The van der Waals surface area contributed by atoms with Crippen molar-refractivity contribution >= 4 is 23.1 Å². The van der Waals surface area contributed by atoms with Crippen LogP contribution in [-0.2, 0) is 0 Å². The molecule has 0 unspecified atom stereocenters. The molecule has 0 bridgehead atoms. The van der Waals surface area contributed by atoms with Crippen LogP contribution >= 0.6 is 0 Å². The second-order valence-electron chi connectivity index (χ2n) is 3.34. The molecule has 17 heavy (non-hydrogen) atoms. The molecule has 0 aliphatic rings. The first-order chi connectivity index (χ1) is 8.20. The fraction of sp³-hybridized carbons (Fsp3) is 0.0909. The summed E-state index contributed by atoms with van der Waals surface area (Å²) in [6.07, 6.45) is 0. The quantitative estimate of drug-likeness (QED) is 0.738. The third-order valence-corrected chi connectivity index (χ3v) is 2.16. The van der Waals surface area contributed by atoms with Gasteiger partial charge in [-0.1, -0.05) is 18.2 Å². The Morgan fingerprint density at radius 3 is 2.47 bits per heavy atom. The van der Waals surface area contributed by atoms with Crippen LogP contribution in [0.3, 0.4) is 0 Å². The number of hydrogen-bond donors (Lipinski definition) is 3. The van der Waals surface area contributed by atoms with Crippen LogP contribution in [0.2, 0.25) is 0 Å². The predicted octanol–water partition coefficient (Wildman–Crippen LogP) is 1.39. The van der Waals surface area contributed by atoms with Crippen molar-refractivity contribution in [3.8, 4) is 5.88 Å². The Balaban J connectivity index is 2.36. The zero-order valence-electron chi connectivity index (χ0n) is 9.34. The van der Waals surface area contributed by atoms with Gasteiger partial charge >= 0.3 is 0 Å². The van der Waals surface area contributed by atoms with Crippen molar-refractivity contribution in [1.82, 2.24) is 9.97 Å². The largest absolute Gasteiger partial charge is 0.479 e. The summed E-state index contributed by atoms with van der Waals surface area (Å²) < 4.78 is 5.01. The van der Waals surface area contributed by atoms with Gasteiger partial charge < -0.3 is 21.5 Å². The molecule has 2 rings (SSSR count). The summed E-state index contributed by atoms with van der Waals surface area (Å²) in [5, 5.41) is 3.05. The summed E-state index contributed by atoms with van der Waals surface area (Å²) in [7, 11) is 1.48. The van der Waals surface area contributed by atoms with E-state index in [1.165, 1.54) is 7.11 Å². The van der Waals surface area contributed by atoms with E-state index < -0.39 is 0 Å². The highest BCUT2D eigenvalue weighted by molar-refractivity contribution is 5.73. The summed E-state index contributed by atoms with van der Waals surface area (Å²) in [5.41, 5.74) is 12.6. The van der Waals surface area contributed by atoms with Gasteiger partial charge in [0.2, 0.25) is 11.8 Å². The smallest absolute Gasteiger partial charge is 0.244 e. The van der Waals surface area contributed by atoms with Crippen molar-refractivity contribution in [1.29, 1.82) is 0 Å². The molecule has 0 radical (unpaired) electrons. The summed E-state index contributed by atoms with van der Waals surface area (Å²) in [4.78, 5) is 7.90. The number of para-hydroxylation sites is 1. The zero-order valence-corrected chi connectivity index (χ0v) is 9.34. The second-order valence-corrected chi connectivity index (χ2v) is 3.34. The van der Waals surface area contributed by atoms with Gasteiger partial charge in [-0.15, -0.1) is 0 Å². The number of ether oxygens (including phenoxy) is 1. The minimum atomic E-state index is 0.106. The first-order valence-corrected chi connectivity index (χ1v) is 4.99. The summed E-state index contributed by atoms with van der Waals surface area (Å²) in [5.74, 6) is 0.797. The van der Waals surface area contributed by atoms with Gasteiger partial charge in [-0.2, -0.15) is 9.97 Å². The molecule has 0 atom stereocenters. The summed E-state index contributed by atoms with van der Waals surface area (Å²) >= 11 is 0. The first kappa shape index (κ1) is 11.0. The molecule has 1 aromatic carbocycles. The van der Waals surface area contributed by atoms with Gasteiger partial charge in [0.15, 0.2) is 5.82 Å². The number of nitrogens with zero attached hydrogens (tertiary/aromatic N) is 2. The standard InChI is InChI=1S/C11H13N5O/c1-17-10-8(12)9(15-11(13)16-10)14-7-5-3-2-4-6-7/h2-6H,12H2,1H3,(H3,13,14,15,16). The number of benzene rings is 1. The molecule has 6 nitrogen and oxygen atoms in total. The van der Waals surface area contributed by atoms with Gasteiger partial charge in [0, 0.05) is 5.69 Å². The Labute approximate surface area is 98.6 Å². The third-order valence-electron chi connectivity index (χ3n) is 2.16. The van der Waals surface area contributed by atoms with Crippen molar-refractivity contribution in [3.05, 3.63) is 30.3 Å². The fourth-order valence-corrected chi connectivity index (χ4v) is 1.37. The van der Waals surface area contributed by atoms with Crippen molar-refractivity contribution in [2.75, 3.05) is 23.9 Å². The van der Waals surface area contributed by atoms with Crippen LogP contribution in [0.15, 0.2) is 30.3 Å². The lowest BCUT2D eigenvalue weighted by Gasteiger charge is -2.11. The molecule has 1 heterocycles. The number of anilines is 4. The van der Waals surface area contributed by atoms with Crippen molar-refractivity contribution in [2.24, 2.45) is 0 Å². The van der Waals surface area contributed by atoms with Gasteiger partial charge in [0.05, 0.1) is 7.11 Å². The molecule has 88 valence electrons. The topological polar surface area (TPSA) is 99.1 Å². The molecular formula is C11H13N5O. The normalized spacial score (nSPS) is 9.94. The van der Waals surface area contributed by atoms with E-state index in [0.717, 1.165) is 5.69 Å². The van der Waals surface area contributed by atoms with Gasteiger partial charge in [0.1, 0.15) is 5.69 Å². The summed E-state index contributed by atoms with van der Waals surface area (Å²) in [6.45, 7) is 0. The number of nitrogen functional groups attached to an aromatic ring is 2. The highest BCUT2D eigenvalue weighted by Gasteiger charge is 2.10. The molecule has 0 amide bonds. The van der Waals surface area contributed by atoms with E-state index in [4.69, 9.17) is 16.2 Å². The molecule has 0 fully saturated rings. The highest BCUT2D eigenvalue weighted by Crippen LogP contribution is 2.28. The Bertz CT molecular complexity index is 515. The third kappa shape index (κ3) is 2.36. The predicted molar refractivity (Wildman–Crippen MR) is 67.1 cm³/mol. The van der Waals surface area contributed by atoms with E-state index in [0.29, 0.717) is 11.5 Å². The van der Waals surface area contributed by atoms with Crippen LogP contribution in [0.5, 0.6) is 5.88 Å². The van der Waals surface area contributed by atoms with Crippen LogP contribution in [0, 0.1) is 0 Å². The lowest BCUT2D eigenvalue weighted by atomic mass is 10.3. The van der Waals surface area contributed by atoms with E-state index in [-0.39, 0.29) is 11.8 Å². The summed E-state index contributed by atoms with van der Waals surface area (Å²) in [6, 6.07) is 9.51. The fourth-order valence-electron chi connectivity index (χ4n) is 1.37. The van der Waals surface area contributed by atoms with Crippen molar-refractivity contribution in [2.45, 2.75) is 0 Å². The molecule has 0 spiro atoms. The van der Waals surface area contributed by atoms with Gasteiger partial charge in [-0.3, -0.25) is 0 Å². The molecule has 0 saturated carbocycles. The Kier molecular flexibility index (Phi) is 2.95. The van der Waals surface area contributed by atoms with Gasteiger partial charge in [-0.25, -0.2) is 0 Å². The van der Waals surface area contributed by atoms with E-state index in [1.807, 2.05) is 30.3 Å². The Hall–Kier alpha value is -2.50. The van der Waals surface area contributed by atoms with Crippen LogP contribution in [-0.4, -0.2) is 17.1 Å². The number of rotatable bonds is 3. The van der Waals surface area contributed by atoms with Crippen molar-refractivity contribution < 1.29 is 4.74 Å². The molecular weight excluding hydrogens is 218 g/mol. The molecule has 0 aliphatic heterocycles. The molecule has 1 aromatic heterocycles. The van der Waals surface area contributed by atoms with Gasteiger partial charge in [-0.05, 0) is 12.1 Å². The molecule has 2 aromatic rings. The second kappa shape index (κ2) is 4.56. The number of methoxy groups -OCH3 is 1. The molecule has 0 aliphatic carbocycles. The first-order valence-electron chi connectivity index (χ1n) is 4.99. The maximum Gasteiger partial charge on any atom is 0.244 e. The Morgan fingerprint density at radius 1 is 1.12 bits per heavy atom. The van der Waals surface area contributed by atoms with E-state index in [9.17, 15) is 0 Å². The van der Waals surface area contributed by atoms with Gasteiger partial charge in [0.25, 0.3) is 0 Å². The monoisotopic (exact) mass is 231 g/mol. The van der Waals surface area contributed by atoms with Crippen LogP contribution < -0.4 is 21.5 Å². The van der Waals surface area contributed by atoms with E-state index >= 15 is 0 Å². The number of aromatic nitrogens is 2. The number of nitrogens with two attached hydrogens (primary N) is 2.